The predicted molar refractivity (Wildman–Crippen MR) is 102 cm³/mol. The van der Waals surface area contributed by atoms with E-state index in [2.05, 4.69) is 21.2 Å². The van der Waals surface area contributed by atoms with Gasteiger partial charge in [-0.1, -0.05) is 36.4 Å². The van der Waals surface area contributed by atoms with Gasteiger partial charge in [-0.15, -0.1) is 0 Å². The minimum atomic E-state index is -0.412. The first kappa shape index (κ1) is 18.2. The van der Waals surface area contributed by atoms with E-state index >= 15 is 0 Å². The minimum absolute atomic E-state index is 0.0474. The summed E-state index contributed by atoms with van der Waals surface area (Å²) in [5.41, 5.74) is 7.47. The van der Waals surface area contributed by atoms with Crippen molar-refractivity contribution in [3.8, 4) is 0 Å². The zero-order valence-corrected chi connectivity index (χ0v) is 14.8. The molecule has 0 aliphatic carbocycles. The van der Waals surface area contributed by atoms with Crippen LogP contribution in [0.3, 0.4) is 0 Å². The first-order chi connectivity index (χ1) is 13.1. The lowest BCUT2D eigenvalue weighted by atomic mass is 10.1. The Morgan fingerprint density at radius 3 is 2.44 bits per heavy atom. The van der Waals surface area contributed by atoms with Gasteiger partial charge in [0.2, 0.25) is 5.91 Å². The molecular formula is C20H20N4O3. The predicted octanol–water partition coefficient (Wildman–Crippen LogP) is 2.06. The number of carbonyl (C=O) groups excluding carboxylic acids is 3. The van der Waals surface area contributed by atoms with Gasteiger partial charge in [0.05, 0.1) is 5.56 Å². The second-order valence-electron chi connectivity index (χ2n) is 6.07. The molecule has 0 saturated heterocycles. The fourth-order valence-corrected chi connectivity index (χ4v) is 2.73. The third kappa shape index (κ3) is 4.33. The summed E-state index contributed by atoms with van der Waals surface area (Å²) in [6, 6.07) is 14.6. The molecule has 3 rings (SSSR count). The van der Waals surface area contributed by atoms with Crippen molar-refractivity contribution in [1.82, 2.24) is 21.2 Å². The molecule has 4 N–H and O–H groups in total. The maximum absolute atomic E-state index is 12.2. The smallest absolute Gasteiger partial charge is 0.271 e. The van der Waals surface area contributed by atoms with Gasteiger partial charge in [0.1, 0.15) is 0 Å². The number of aromatic nitrogens is 1. The summed E-state index contributed by atoms with van der Waals surface area (Å²) in [6.45, 7) is 2.02. The highest BCUT2D eigenvalue weighted by atomic mass is 16.2. The number of aryl methyl sites for hydroxylation is 1. The van der Waals surface area contributed by atoms with E-state index in [0.717, 1.165) is 16.5 Å². The number of carbonyl (C=O) groups is 3. The summed E-state index contributed by atoms with van der Waals surface area (Å²) in [5.74, 6) is -1.04. The van der Waals surface area contributed by atoms with Gasteiger partial charge in [-0.05, 0) is 24.6 Å². The van der Waals surface area contributed by atoms with Gasteiger partial charge < -0.3 is 10.3 Å². The molecule has 0 fully saturated rings. The van der Waals surface area contributed by atoms with Crippen LogP contribution in [0.1, 0.15) is 32.7 Å². The van der Waals surface area contributed by atoms with E-state index in [0.29, 0.717) is 11.1 Å². The van der Waals surface area contributed by atoms with Gasteiger partial charge in [0.15, 0.2) is 0 Å². The molecule has 7 nitrogen and oxygen atoms in total. The molecule has 1 aromatic heterocycles. The van der Waals surface area contributed by atoms with E-state index in [4.69, 9.17) is 0 Å². The second kappa shape index (κ2) is 8.18. The van der Waals surface area contributed by atoms with Crippen LogP contribution >= 0.6 is 0 Å². The Labute approximate surface area is 156 Å². The monoisotopic (exact) mass is 364 g/mol. The topological polar surface area (TPSA) is 103 Å². The highest BCUT2D eigenvalue weighted by Gasteiger charge is 2.13. The van der Waals surface area contributed by atoms with Crippen molar-refractivity contribution >= 4 is 28.6 Å². The molecule has 0 radical (unpaired) electrons. The summed E-state index contributed by atoms with van der Waals surface area (Å²) < 4.78 is 0. The summed E-state index contributed by atoms with van der Waals surface area (Å²) in [5, 5.41) is 3.47. The van der Waals surface area contributed by atoms with Crippen molar-refractivity contribution in [3.05, 3.63) is 71.4 Å². The number of fused-ring (bicyclic) bond motifs is 1. The Morgan fingerprint density at radius 2 is 1.63 bits per heavy atom. The highest BCUT2D eigenvalue weighted by molar-refractivity contribution is 6.07. The van der Waals surface area contributed by atoms with Crippen molar-refractivity contribution in [1.29, 1.82) is 0 Å². The maximum Gasteiger partial charge on any atom is 0.271 e. The summed E-state index contributed by atoms with van der Waals surface area (Å²) in [6.07, 6.45) is 1.64. The molecule has 27 heavy (non-hydrogen) atoms. The van der Waals surface area contributed by atoms with Crippen LogP contribution in [0.2, 0.25) is 0 Å². The quantitative estimate of drug-likeness (QED) is 0.521. The Hall–Kier alpha value is -3.61. The second-order valence-corrected chi connectivity index (χ2v) is 6.07. The lowest BCUT2D eigenvalue weighted by molar-refractivity contribution is -0.121. The molecule has 3 amide bonds. The van der Waals surface area contributed by atoms with E-state index in [-0.39, 0.29) is 18.9 Å². The molecule has 3 aromatic rings. The van der Waals surface area contributed by atoms with Crippen LogP contribution < -0.4 is 16.2 Å². The maximum atomic E-state index is 12.2. The average molecular weight is 364 g/mol. The van der Waals surface area contributed by atoms with Gasteiger partial charge in [-0.25, -0.2) is 0 Å². The van der Waals surface area contributed by atoms with Gasteiger partial charge in [-0.3, -0.25) is 25.2 Å². The number of hydrogen-bond donors (Lipinski definition) is 4. The number of nitrogens with one attached hydrogen (secondary N) is 4. The number of hydrogen-bond acceptors (Lipinski definition) is 3. The van der Waals surface area contributed by atoms with Crippen molar-refractivity contribution in [3.63, 3.8) is 0 Å². The molecular weight excluding hydrogens is 344 g/mol. The van der Waals surface area contributed by atoms with E-state index in [1.165, 1.54) is 0 Å². The molecule has 0 atom stereocenters. The van der Waals surface area contributed by atoms with E-state index in [1.807, 2.05) is 43.3 Å². The van der Waals surface area contributed by atoms with E-state index in [1.54, 1.807) is 18.3 Å². The fourth-order valence-electron chi connectivity index (χ4n) is 2.73. The van der Waals surface area contributed by atoms with Crippen LogP contribution in [0.15, 0.2) is 54.7 Å². The van der Waals surface area contributed by atoms with Gasteiger partial charge in [0, 0.05) is 35.6 Å². The Balaban J connectivity index is 1.45. The minimum Gasteiger partial charge on any atom is -0.360 e. The van der Waals surface area contributed by atoms with Gasteiger partial charge in [-0.2, -0.15) is 0 Å². The van der Waals surface area contributed by atoms with E-state index < -0.39 is 11.8 Å². The highest BCUT2D eigenvalue weighted by Crippen LogP contribution is 2.17. The summed E-state index contributed by atoms with van der Waals surface area (Å²) >= 11 is 0. The summed E-state index contributed by atoms with van der Waals surface area (Å²) in [4.78, 5) is 39.2. The molecule has 0 aliphatic rings. The summed E-state index contributed by atoms with van der Waals surface area (Å²) in [7, 11) is 0. The Kier molecular flexibility index (Phi) is 5.51. The molecule has 0 bridgehead atoms. The Morgan fingerprint density at radius 1 is 0.889 bits per heavy atom. The van der Waals surface area contributed by atoms with Crippen molar-refractivity contribution in [2.75, 3.05) is 6.54 Å². The first-order valence-corrected chi connectivity index (χ1v) is 8.55. The standard InChI is InChI=1S/C20H20N4O3/c1-13-6-2-3-7-14(13)19(26)21-11-10-18(25)23-24-20(27)16-12-22-17-9-5-4-8-15(16)17/h2-9,12,22H,10-11H2,1H3,(H,21,26)(H,23,25)(H,24,27). The van der Waals surface area contributed by atoms with Crippen molar-refractivity contribution in [2.45, 2.75) is 13.3 Å². The fraction of sp³-hybridized carbons (Fsp3) is 0.150. The number of benzene rings is 2. The van der Waals surface area contributed by atoms with Gasteiger partial charge >= 0.3 is 0 Å². The largest absolute Gasteiger partial charge is 0.360 e. The molecule has 138 valence electrons. The lowest BCUT2D eigenvalue weighted by Gasteiger charge is -2.09. The van der Waals surface area contributed by atoms with Crippen LogP contribution in [0.5, 0.6) is 0 Å². The number of rotatable bonds is 5. The SMILES string of the molecule is Cc1ccccc1C(=O)NCCC(=O)NNC(=O)c1c[nH]c2ccccc12. The average Bonchev–Trinajstić information content (AvgIpc) is 3.10. The normalized spacial score (nSPS) is 10.4. The van der Waals surface area contributed by atoms with Crippen LogP contribution in [0.25, 0.3) is 10.9 Å². The molecule has 7 heteroatoms. The zero-order chi connectivity index (χ0) is 19.2. The lowest BCUT2D eigenvalue weighted by Crippen LogP contribution is -2.42. The van der Waals surface area contributed by atoms with Crippen LogP contribution in [0.4, 0.5) is 0 Å². The molecule has 0 aliphatic heterocycles. The first-order valence-electron chi connectivity index (χ1n) is 8.55. The number of aromatic amines is 1. The molecule has 0 spiro atoms. The zero-order valence-electron chi connectivity index (χ0n) is 14.8. The van der Waals surface area contributed by atoms with Crippen molar-refractivity contribution in [2.24, 2.45) is 0 Å². The number of para-hydroxylation sites is 1. The van der Waals surface area contributed by atoms with E-state index in [9.17, 15) is 14.4 Å². The molecule has 1 heterocycles. The van der Waals surface area contributed by atoms with Gasteiger partial charge in [0.25, 0.3) is 11.8 Å². The molecule has 2 aromatic carbocycles. The number of amides is 3. The number of hydrazine groups is 1. The molecule has 0 saturated carbocycles. The van der Waals surface area contributed by atoms with Crippen LogP contribution in [0, 0.1) is 6.92 Å². The number of H-pyrrole nitrogens is 1. The van der Waals surface area contributed by atoms with Crippen LogP contribution in [-0.2, 0) is 4.79 Å². The van der Waals surface area contributed by atoms with Crippen molar-refractivity contribution < 1.29 is 14.4 Å². The molecule has 0 unspecified atom stereocenters. The van der Waals surface area contributed by atoms with Crippen LogP contribution in [-0.4, -0.2) is 29.3 Å². The third-order valence-corrected chi connectivity index (χ3v) is 4.18. The Bertz CT molecular complexity index is 994. The third-order valence-electron chi connectivity index (χ3n) is 4.18.